The fraction of sp³-hybridized carbons (Fsp3) is 0.545. The number of anilines is 5. The van der Waals surface area contributed by atoms with Crippen molar-refractivity contribution >= 4 is 40.4 Å². The summed E-state index contributed by atoms with van der Waals surface area (Å²) < 4.78 is 11.5. The van der Waals surface area contributed by atoms with Crippen LogP contribution >= 0.6 is 11.6 Å². The van der Waals surface area contributed by atoms with Crippen LogP contribution in [-0.4, -0.2) is 81.5 Å². The minimum absolute atomic E-state index is 0.0216. The number of likely N-dealkylation sites (N-methyl/N-ethyl adjacent to an activating group) is 2. The van der Waals surface area contributed by atoms with Gasteiger partial charge < -0.3 is 35.2 Å². The molecule has 174 valence electrons. The van der Waals surface area contributed by atoms with E-state index in [-0.39, 0.29) is 5.60 Å². The third kappa shape index (κ3) is 4.95. The van der Waals surface area contributed by atoms with Gasteiger partial charge in [-0.05, 0) is 33.0 Å². The summed E-state index contributed by atoms with van der Waals surface area (Å²) in [6.45, 7) is 3.99. The van der Waals surface area contributed by atoms with Crippen molar-refractivity contribution in [3.8, 4) is 5.75 Å². The third-order valence-electron chi connectivity index (χ3n) is 5.97. The molecule has 2 fully saturated rings. The average molecular weight is 462 g/mol. The Morgan fingerprint density at radius 1 is 1.28 bits per heavy atom. The van der Waals surface area contributed by atoms with Crippen LogP contribution in [-0.2, 0) is 4.74 Å². The molecule has 0 bridgehead atoms. The molecular weight excluding hydrogens is 430 g/mol. The number of nitrogens with zero attached hydrogens (tertiary/aromatic N) is 5. The van der Waals surface area contributed by atoms with Gasteiger partial charge in [0.25, 0.3) is 0 Å². The molecule has 3 N–H and O–H groups in total. The Balaban J connectivity index is 1.55. The van der Waals surface area contributed by atoms with Gasteiger partial charge in [0.15, 0.2) is 5.82 Å². The summed E-state index contributed by atoms with van der Waals surface area (Å²) in [5.41, 5.74) is 8.61. The number of aromatic nitrogens is 2. The number of nitrogens with one attached hydrogen (secondary N) is 1. The van der Waals surface area contributed by atoms with E-state index in [1.54, 1.807) is 13.3 Å². The Bertz CT molecular complexity index is 968. The Morgan fingerprint density at radius 2 is 2.06 bits per heavy atom. The van der Waals surface area contributed by atoms with Crippen molar-refractivity contribution in [2.75, 3.05) is 81.9 Å². The molecule has 0 amide bonds. The van der Waals surface area contributed by atoms with Gasteiger partial charge in [0.1, 0.15) is 10.8 Å². The molecule has 32 heavy (non-hydrogen) atoms. The maximum Gasteiger partial charge on any atom is 0.229 e. The Morgan fingerprint density at radius 3 is 2.75 bits per heavy atom. The molecule has 0 unspecified atom stereocenters. The summed E-state index contributed by atoms with van der Waals surface area (Å²) in [7, 11) is 7.75. The van der Waals surface area contributed by atoms with Crippen molar-refractivity contribution in [2.45, 2.75) is 18.4 Å². The first-order valence-electron chi connectivity index (χ1n) is 10.8. The van der Waals surface area contributed by atoms with E-state index >= 15 is 0 Å². The highest BCUT2D eigenvalue weighted by Crippen LogP contribution is 2.43. The molecule has 1 spiro atoms. The van der Waals surface area contributed by atoms with E-state index in [0.717, 1.165) is 44.7 Å². The summed E-state index contributed by atoms with van der Waals surface area (Å²) in [5, 5.41) is 3.78. The maximum atomic E-state index is 6.45. The molecule has 1 saturated heterocycles. The Labute approximate surface area is 194 Å². The fourth-order valence-electron chi connectivity index (χ4n) is 3.88. The second kappa shape index (κ2) is 9.17. The zero-order valence-corrected chi connectivity index (χ0v) is 19.9. The zero-order chi connectivity index (χ0) is 22.9. The maximum absolute atomic E-state index is 6.45. The normalized spacial score (nSPS) is 17.0. The van der Waals surface area contributed by atoms with E-state index in [9.17, 15) is 0 Å². The lowest BCUT2D eigenvalue weighted by Crippen LogP contribution is -2.44. The molecule has 4 rings (SSSR count). The molecule has 1 aromatic heterocycles. The summed E-state index contributed by atoms with van der Waals surface area (Å²) in [6.07, 6.45) is 3.80. The Kier molecular flexibility index (Phi) is 6.50. The van der Waals surface area contributed by atoms with Gasteiger partial charge in [0.2, 0.25) is 5.95 Å². The molecule has 10 heteroatoms. The monoisotopic (exact) mass is 461 g/mol. The highest BCUT2D eigenvalue weighted by molar-refractivity contribution is 6.32. The van der Waals surface area contributed by atoms with Crippen molar-refractivity contribution in [2.24, 2.45) is 0 Å². The molecule has 2 heterocycles. The van der Waals surface area contributed by atoms with Crippen LogP contribution in [0.2, 0.25) is 5.02 Å². The molecule has 1 saturated carbocycles. The van der Waals surface area contributed by atoms with Crippen molar-refractivity contribution < 1.29 is 9.47 Å². The summed E-state index contributed by atoms with van der Waals surface area (Å²) in [4.78, 5) is 15.5. The summed E-state index contributed by atoms with van der Waals surface area (Å²) in [6, 6.07) is 3.79. The highest BCUT2D eigenvalue weighted by Gasteiger charge is 2.48. The number of morpholine rings is 1. The van der Waals surface area contributed by atoms with Crippen LogP contribution in [0.3, 0.4) is 0 Å². The SMILES string of the molecule is COc1cc(N(C)CCN(C)C)c(N)cc1Nc1ncc(Cl)c(N2CCOC3(CC3)C2)n1. The first-order valence-corrected chi connectivity index (χ1v) is 11.2. The zero-order valence-electron chi connectivity index (χ0n) is 19.2. The number of hydrogen-bond acceptors (Lipinski definition) is 9. The largest absolute Gasteiger partial charge is 0.494 e. The van der Waals surface area contributed by atoms with Crippen molar-refractivity contribution in [1.82, 2.24) is 14.9 Å². The van der Waals surface area contributed by atoms with Crippen LogP contribution in [0.25, 0.3) is 0 Å². The summed E-state index contributed by atoms with van der Waals surface area (Å²) >= 11 is 6.45. The van der Waals surface area contributed by atoms with Crippen molar-refractivity contribution in [3.63, 3.8) is 0 Å². The number of rotatable bonds is 8. The lowest BCUT2D eigenvalue weighted by molar-refractivity contribution is 0.0204. The van der Waals surface area contributed by atoms with Crippen LogP contribution in [0.5, 0.6) is 5.75 Å². The van der Waals surface area contributed by atoms with Crippen molar-refractivity contribution in [3.05, 3.63) is 23.4 Å². The van der Waals surface area contributed by atoms with Crippen LogP contribution in [0.4, 0.5) is 28.8 Å². The molecular formula is C22H32ClN7O2. The van der Waals surface area contributed by atoms with E-state index in [1.807, 2.05) is 33.3 Å². The molecule has 2 aliphatic rings. The average Bonchev–Trinajstić information content (AvgIpc) is 3.51. The van der Waals surface area contributed by atoms with E-state index in [4.69, 9.17) is 31.8 Å². The first-order chi connectivity index (χ1) is 15.3. The minimum Gasteiger partial charge on any atom is -0.494 e. The summed E-state index contributed by atoms with van der Waals surface area (Å²) in [5.74, 6) is 1.81. The molecule has 0 radical (unpaired) electrons. The predicted molar refractivity (Wildman–Crippen MR) is 130 cm³/mol. The van der Waals surface area contributed by atoms with Crippen LogP contribution < -0.4 is 25.6 Å². The number of ether oxygens (including phenoxy) is 2. The predicted octanol–water partition coefficient (Wildman–Crippen LogP) is 2.83. The molecule has 1 aliphatic carbocycles. The van der Waals surface area contributed by atoms with E-state index in [1.165, 1.54) is 0 Å². The van der Waals surface area contributed by atoms with E-state index < -0.39 is 0 Å². The van der Waals surface area contributed by atoms with Gasteiger partial charge >= 0.3 is 0 Å². The lowest BCUT2D eigenvalue weighted by Gasteiger charge is -2.34. The second-order valence-electron chi connectivity index (χ2n) is 8.78. The molecule has 1 aromatic carbocycles. The van der Waals surface area contributed by atoms with Gasteiger partial charge in [-0.15, -0.1) is 0 Å². The number of benzene rings is 1. The molecule has 9 nitrogen and oxygen atoms in total. The number of hydrogen-bond donors (Lipinski definition) is 2. The highest BCUT2D eigenvalue weighted by atomic mass is 35.5. The molecule has 0 atom stereocenters. The quantitative estimate of drug-likeness (QED) is 0.575. The topological polar surface area (TPSA) is 92.0 Å². The second-order valence-corrected chi connectivity index (χ2v) is 9.19. The van der Waals surface area contributed by atoms with Gasteiger partial charge in [0, 0.05) is 39.3 Å². The van der Waals surface area contributed by atoms with Crippen LogP contribution in [0.15, 0.2) is 18.3 Å². The molecule has 2 aromatic rings. The third-order valence-corrected chi connectivity index (χ3v) is 6.24. The number of methoxy groups -OCH3 is 1. The number of nitrogen functional groups attached to an aromatic ring is 1. The first kappa shape index (κ1) is 22.7. The van der Waals surface area contributed by atoms with Gasteiger partial charge in [-0.25, -0.2) is 4.98 Å². The van der Waals surface area contributed by atoms with Gasteiger partial charge in [-0.3, -0.25) is 0 Å². The fourth-order valence-corrected chi connectivity index (χ4v) is 4.09. The lowest BCUT2D eigenvalue weighted by atomic mass is 10.2. The van der Waals surface area contributed by atoms with E-state index in [2.05, 4.69) is 25.0 Å². The minimum atomic E-state index is -0.0216. The van der Waals surface area contributed by atoms with E-state index in [0.29, 0.717) is 40.5 Å². The van der Waals surface area contributed by atoms with Gasteiger partial charge in [-0.1, -0.05) is 11.6 Å². The van der Waals surface area contributed by atoms with Crippen LogP contribution in [0, 0.1) is 0 Å². The van der Waals surface area contributed by atoms with Crippen LogP contribution in [0.1, 0.15) is 12.8 Å². The van der Waals surface area contributed by atoms with Gasteiger partial charge in [-0.2, -0.15) is 4.98 Å². The number of halogens is 1. The smallest absolute Gasteiger partial charge is 0.229 e. The van der Waals surface area contributed by atoms with Gasteiger partial charge in [0.05, 0.1) is 42.6 Å². The number of nitrogens with two attached hydrogens (primary N) is 1. The van der Waals surface area contributed by atoms with Crippen molar-refractivity contribution in [1.29, 1.82) is 0 Å². The Hall–Kier alpha value is -2.49. The standard InChI is InChI=1S/C22H32ClN7O2/c1-28(2)7-8-29(3)18-12-19(31-4)17(11-16(18)24)26-21-25-13-15(23)20(27-21)30-9-10-32-22(14-30)5-6-22/h11-13H,5-10,14,24H2,1-4H3,(H,25,26,27). The molecule has 1 aliphatic heterocycles.